The third kappa shape index (κ3) is 5.76. The first-order valence-electron chi connectivity index (χ1n) is 8.81. The molecule has 7 nitrogen and oxygen atoms in total. The molecular weight excluding hydrogens is 402 g/mol. The summed E-state index contributed by atoms with van der Waals surface area (Å²) < 4.78 is 57.9. The van der Waals surface area contributed by atoms with Gasteiger partial charge >= 0.3 is 16.4 Å². The number of ether oxygens (including phenoxy) is 1. The van der Waals surface area contributed by atoms with Crippen LogP contribution in [-0.2, 0) is 32.9 Å². The summed E-state index contributed by atoms with van der Waals surface area (Å²) in [5.74, 6) is -0.804. The molecule has 0 bridgehead atoms. The summed E-state index contributed by atoms with van der Waals surface area (Å²) in [5, 5.41) is 2.44. The van der Waals surface area contributed by atoms with Gasteiger partial charge in [0.25, 0.3) is 0 Å². The first-order valence-corrected chi connectivity index (χ1v) is 9.97. The summed E-state index contributed by atoms with van der Waals surface area (Å²) in [7, 11) is -7.44. The summed E-state index contributed by atoms with van der Waals surface area (Å²) in [4.78, 5) is 15.8. The summed E-state index contributed by atoms with van der Waals surface area (Å²) >= 11 is 7.96. The van der Waals surface area contributed by atoms with Crippen LogP contribution in [0.25, 0.3) is 0 Å². The molecule has 1 aliphatic rings. The topological polar surface area (TPSA) is 104 Å². The standard InChI is InChI=1S/C16H16ClNO2S.H2O4S/c1-20-16(19)15(12-4-2-3-5-13(12)17)18-8-6-14-11(10-18)7-9-21-14;1-5(2,3)4/h2-5,7,9,15H,6,8,10H2,1H3;(H2,1,2,3,4)/t15-;/m0./s1/i1D3;. The van der Waals surface area contributed by atoms with E-state index < -0.39 is 29.4 Å². The molecule has 26 heavy (non-hydrogen) atoms. The van der Waals surface area contributed by atoms with Crippen molar-refractivity contribution in [3.63, 3.8) is 0 Å². The summed E-state index contributed by atoms with van der Waals surface area (Å²) in [6.07, 6.45) is 0.814. The van der Waals surface area contributed by atoms with Crippen LogP contribution in [0.5, 0.6) is 0 Å². The first-order chi connectivity index (χ1) is 13.3. The van der Waals surface area contributed by atoms with Crippen LogP contribution >= 0.6 is 22.9 Å². The highest BCUT2D eigenvalue weighted by Gasteiger charge is 2.32. The second kappa shape index (κ2) is 8.94. The Labute approximate surface area is 165 Å². The molecule has 1 aromatic carbocycles. The van der Waals surface area contributed by atoms with E-state index >= 15 is 0 Å². The molecule has 0 amide bonds. The number of rotatable bonds is 3. The molecule has 0 unspecified atom stereocenters. The predicted molar refractivity (Wildman–Crippen MR) is 98.8 cm³/mol. The Hall–Kier alpha value is -1.49. The molecule has 2 aromatic rings. The number of fused-ring (bicyclic) bond motifs is 1. The number of carbonyl (C=O) groups excluding carboxylic acids is 1. The Bertz CT molecular complexity index is 956. The zero-order valence-corrected chi connectivity index (χ0v) is 15.7. The lowest BCUT2D eigenvalue weighted by molar-refractivity contribution is -0.147. The van der Waals surface area contributed by atoms with Crippen molar-refractivity contribution in [2.24, 2.45) is 0 Å². The molecule has 1 aromatic heterocycles. The molecule has 10 heteroatoms. The van der Waals surface area contributed by atoms with Gasteiger partial charge < -0.3 is 4.74 Å². The quantitative estimate of drug-likeness (QED) is 0.578. The molecule has 0 aliphatic carbocycles. The summed E-state index contributed by atoms with van der Waals surface area (Å²) in [5.41, 5.74) is 1.72. The lowest BCUT2D eigenvalue weighted by atomic mass is 10.0. The largest absolute Gasteiger partial charge is 0.468 e. The van der Waals surface area contributed by atoms with E-state index in [4.69, 9.17) is 38.0 Å². The number of hydrogen-bond donors (Lipinski definition) is 2. The highest BCUT2D eigenvalue weighted by atomic mass is 35.5. The van der Waals surface area contributed by atoms with Gasteiger partial charge in [0.05, 0.1) is 11.2 Å². The van der Waals surface area contributed by atoms with Crippen molar-refractivity contribution in [1.82, 2.24) is 4.90 Å². The molecule has 0 spiro atoms. The number of hydrogen-bond acceptors (Lipinski definition) is 6. The maximum Gasteiger partial charge on any atom is 0.394 e. The third-order valence-corrected chi connectivity index (χ3v) is 5.09. The van der Waals surface area contributed by atoms with Gasteiger partial charge in [-0.3, -0.25) is 14.0 Å². The monoisotopic (exact) mass is 422 g/mol. The number of halogens is 1. The number of benzene rings is 1. The zero-order chi connectivity index (χ0) is 21.8. The minimum Gasteiger partial charge on any atom is -0.468 e. The van der Waals surface area contributed by atoms with Crippen LogP contribution in [-0.4, -0.2) is 42.0 Å². The van der Waals surface area contributed by atoms with E-state index in [1.165, 1.54) is 4.88 Å². The molecule has 3 rings (SSSR count). The summed E-state index contributed by atoms with van der Waals surface area (Å²) in [6.45, 7) is 1.20. The van der Waals surface area contributed by atoms with Gasteiger partial charge in [-0.2, -0.15) is 8.42 Å². The van der Waals surface area contributed by atoms with Gasteiger partial charge in [-0.15, -0.1) is 11.3 Å². The molecule has 0 saturated carbocycles. The number of nitrogens with zero attached hydrogens (tertiary/aromatic N) is 1. The molecule has 0 radical (unpaired) electrons. The van der Waals surface area contributed by atoms with Crippen molar-refractivity contribution in [3.8, 4) is 0 Å². The zero-order valence-electron chi connectivity index (χ0n) is 16.3. The van der Waals surface area contributed by atoms with Gasteiger partial charge in [0, 0.05) is 23.0 Å². The lowest BCUT2D eigenvalue weighted by Gasteiger charge is -2.33. The van der Waals surface area contributed by atoms with Crippen molar-refractivity contribution in [1.29, 1.82) is 0 Å². The molecule has 0 saturated heterocycles. The van der Waals surface area contributed by atoms with Crippen molar-refractivity contribution in [2.75, 3.05) is 13.6 Å². The Balaban J connectivity index is 0.000000537. The molecule has 142 valence electrons. The maximum absolute atomic E-state index is 12.6. The average Bonchev–Trinajstić information content (AvgIpc) is 3.01. The Morgan fingerprint density at radius 2 is 2.08 bits per heavy atom. The number of thiophene rings is 1. The summed E-state index contributed by atoms with van der Waals surface area (Å²) in [6, 6.07) is 8.16. The fourth-order valence-electron chi connectivity index (χ4n) is 2.72. The molecule has 0 fully saturated rings. The Morgan fingerprint density at radius 1 is 1.38 bits per heavy atom. The molecule has 2 N–H and O–H groups in total. The second-order valence-electron chi connectivity index (χ2n) is 5.38. The third-order valence-electron chi connectivity index (χ3n) is 3.73. The highest BCUT2D eigenvalue weighted by Crippen LogP contribution is 2.33. The average molecular weight is 423 g/mol. The van der Waals surface area contributed by atoms with E-state index in [0.717, 1.165) is 12.0 Å². The van der Waals surface area contributed by atoms with Gasteiger partial charge in [-0.25, -0.2) is 4.79 Å². The van der Waals surface area contributed by atoms with Gasteiger partial charge in [-0.05, 0) is 35.1 Å². The Morgan fingerprint density at radius 3 is 2.73 bits per heavy atom. The minimum absolute atomic E-state index is 0.418. The van der Waals surface area contributed by atoms with E-state index in [9.17, 15) is 4.79 Å². The van der Waals surface area contributed by atoms with Gasteiger partial charge in [-0.1, -0.05) is 29.8 Å². The number of esters is 1. The Kier molecular flexibility index (Phi) is 5.73. The van der Waals surface area contributed by atoms with Crippen molar-refractivity contribution >= 4 is 39.3 Å². The maximum atomic E-state index is 12.6. The van der Waals surface area contributed by atoms with E-state index in [1.54, 1.807) is 35.6 Å². The lowest BCUT2D eigenvalue weighted by Crippen LogP contribution is -2.38. The smallest absolute Gasteiger partial charge is 0.394 e. The van der Waals surface area contributed by atoms with Crippen LogP contribution in [0.4, 0.5) is 0 Å². The van der Waals surface area contributed by atoms with E-state index in [-0.39, 0.29) is 0 Å². The fourth-order valence-corrected chi connectivity index (χ4v) is 3.84. The van der Waals surface area contributed by atoms with Crippen molar-refractivity contribution in [3.05, 3.63) is 56.7 Å². The van der Waals surface area contributed by atoms with Crippen LogP contribution in [0.3, 0.4) is 0 Å². The fraction of sp³-hybridized carbons (Fsp3) is 0.312. The molecule has 2 heterocycles. The van der Waals surface area contributed by atoms with Crippen LogP contribution < -0.4 is 0 Å². The highest BCUT2D eigenvalue weighted by molar-refractivity contribution is 7.79. The van der Waals surface area contributed by atoms with Gasteiger partial charge in [0.2, 0.25) is 0 Å². The SMILES string of the molecule is O=S(=O)(O)O.[2H]C([2H])([2H])OC(=O)[C@H](c1ccccc1Cl)N1CCc2sccc2C1. The number of methoxy groups -OCH3 is 1. The van der Waals surface area contributed by atoms with Crippen LogP contribution in [0, 0.1) is 0 Å². The predicted octanol–water partition coefficient (Wildman–Crippen LogP) is 3.02. The minimum atomic E-state index is -4.67. The number of carbonyl (C=O) groups is 1. The van der Waals surface area contributed by atoms with Crippen LogP contribution in [0.1, 0.15) is 26.2 Å². The second-order valence-corrected chi connectivity index (χ2v) is 7.69. The van der Waals surface area contributed by atoms with Crippen LogP contribution in [0.15, 0.2) is 35.7 Å². The van der Waals surface area contributed by atoms with Crippen LogP contribution in [0.2, 0.25) is 5.02 Å². The molecule has 1 aliphatic heterocycles. The molecule has 1 atom stereocenters. The van der Waals surface area contributed by atoms with Gasteiger partial charge in [0.15, 0.2) is 0 Å². The normalized spacial score (nSPS) is 17.6. The van der Waals surface area contributed by atoms with Gasteiger partial charge in [0.1, 0.15) is 6.04 Å². The van der Waals surface area contributed by atoms with Crippen molar-refractivity contribution < 1.29 is 31.2 Å². The van der Waals surface area contributed by atoms with Crippen molar-refractivity contribution in [2.45, 2.75) is 19.0 Å². The van der Waals surface area contributed by atoms with E-state index in [2.05, 4.69) is 0 Å². The van der Waals surface area contributed by atoms with E-state index in [0.29, 0.717) is 23.7 Å². The molecular formula is C16H18ClNO6S2. The first kappa shape index (κ1) is 16.7. The van der Waals surface area contributed by atoms with E-state index in [1.807, 2.05) is 16.3 Å².